The highest BCUT2D eigenvalue weighted by Gasteiger charge is 2.86. The Hall–Kier alpha value is -0.813. The molecule has 0 fully saturated rings. The van der Waals surface area contributed by atoms with Crippen LogP contribution in [0.4, 0.5) is 57.1 Å². The molecular weight excluding hydrogens is 527 g/mol. The maximum Gasteiger partial charge on any atom is 0.498 e. The van der Waals surface area contributed by atoms with E-state index in [-0.39, 0.29) is 13.2 Å². The standard InChI is InChI=1S/C17H25F13O3Si/c1-6-31-34(5,32-7-2)33-11(3,4)10-13(20,21)16(27,28)17(29,30)15(25,26)12(18,19)8-9-14(22,23)24/h6-10H2,1-5H3. The lowest BCUT2D eigenvalue weighted by Gasteiger charge is -2.42. The Balaban J connectivity index is 6.07. The largest absolute Gasteiger partial charge is 0.498 e. The Labute approximate surface area is 188 Å². The molecule has 0 saturated heterocycles. The van der Waals surface area contributed by atoms with Crippen LogP contribution in [0.2, 0.25) is 6.55 Å². The van der Waals surface area contributed by atoms with Crippen LogP contribution in [-0.4, -0.2) is 63.4 Å². The molecule has 0 rings (SSSR count). The molecule has 0 heterocycles. The summed E-state index contributed by atoms with van der Waals surface area (Å²) in [6.07, 6.45) is -13.7. The van der Waals surface area contributed by atoms with Crippen LogP contribution in [0.3, 0.4) is 0 Å². The minimum absolute atomic E-state index is 0.108. The SMILES string of the molecule is CCO[Si](C)(OCC)OC(C)(C)CC(F)(F)C(F)(F)C(F)(F)C(F)(F)C(F)(F)CCC(F)(F)F. The number of alkyl halides is 13. The maximum absolute atomic E-state index is 14.3. The van der Waals surface area contributed by atoms with Crippen LogP contribution in [0.5, 0.6) is 0 Å². The molecule has 0 radical (unpaired) electrons. The summed E-state index contributed by atoms with van der Waals surface area (Å²) in [6, 6.07) is 0. The fourth-order valence-electron chi connectivity index (χ4n) is 2.92. The molecule has 0 spiro atoms. The van der Waals surface area contributed by atoms with Gasteiger partial charge >= 0.3 is 44.6 Å². The Morgan fingerprint density at radius 2 is 0.971 bits per heavy atom. The van der Waals surface area contributed by atoms with E-state index < -0.39 is 69.5 Å². The van der Waals surface area contributed by atoms with Crippen molar-refractivity contribution in [3.63, 3.8) is 0 Å². The molecule has 0 aromatic heterocycles. The molecular formula is C17H25F13O3Si. The first-order valence-corrected chi connectivity index (χ1v) is 11.9. The van der Waals surface area contributed by atoms with Gasteiger partial charge in [-0.25, -0.2) is 0 Å². The minimum Gasteiger partial charge on any atom is -0.374 e. The third-order valence-corrected chi connectivity index (χ3v) is 6.90. The molecule has 0 saturated carbocycles. The molecule has 0 atom stereocenters. The highest BCUT2D eigenvalue weighted by atomic mass is 28.4. The molecule has 0 aliphatic heterocycles. The van der Waals surface area contributed by atoms with E-state index in [0.29, 0.717) is 13.8 Å². The van der Waals surface area contributed by atoms with Gasteiger partial charge in [-0.15, -0.1) is 0 Å². The normalized spacial score (nSPS) is 15.7. The molecule has 34 heavy (non-hydrogen) atoms. The smallest absolute Gasteiger partial charge is 0.374 e. The van der Waals surface area contributed by atoms with E-state index in [4.69, 9.17) is 13.3 Å². The second-order valence-electron chi connectivity index (χ2n) is 8.01. The first-order chi connectivity index (χ1) is 14.7. The topological polar surface area (TPSA) is 27.7 Å². The van der Waals surface area contributed by atoms with Gasteiger partial charge in [0.25, 0.3) is 0 Å². The number of halogens is 13. The predicted octanol–water partition coefficient (Wildman–Crippen LogP) is 7.33. The molecule has 0 aromatic rings. The average Bonchev–Trinajstić information content (AvgIpc) is 2.57. The van der Waals surface area contributed by atoms with Crippen molar-refractivity contribution in [3.05, 3.63) is 0 Å². The van der Waals surface area contributed by atoms with Gasteiger partial charge in [0.2, 0.25) is 0 Å². The predicted molar refractivity (Wildman–Crippen MR) is 94.7 cm³/mol. The van der Waals surface area contributed by atoms with E-state index in [1.807, 2.05) is 0 Å². The van der Waals surface area contributed by atoms with E-state index in [1.165, 1.54) is 13.8 Å². The van der Waals surface area contributed by atoms with Gasteiger partial charge in [0.1, 0.15) is 0 Å². The summed E-state index contributed by atoms with van der Waals surface area (Å²) in [5, 5.41) is 0. The van der Waals surface area contributed by atoms with Crippen LogP contribution in [0.1, 0.15) is 47.0 Å². The average molecular weight is 552 g/mol. The van der Waals surface area contributed by atoms with Crippen molar-refractivity contribution in [2.45, 2.75) is 94.9 Å². The lowest BCUT2D eigenvalue weighted by Crippen LogP contribution is -2.68. The van der Waals surface area contributed by atoms with Crippen LogP contribution in [-0.2, 0) is 13.3 Å². The van der Waals surface area contributed by atoms with Crippen LogP contribution >= 0.6 is 0 Å². The Morgan fingerprint density at radius 1 is 0.588 bits per heavy atom. The molecule has 0 aliphatic carbocycles. The van der Waals surface area contributed by atoms with Crippen LogP contribution in [0, 0.1) is 0 Å². The molecule has 17 heteroatoms. The van der Waals surface area contributed by atoms with Crippen LogP contribution < -0.4 is 0 Å². The highest BCUT2D eigenvalue weighted by molar-refractivity contribution is 6.59. The quantitative estimate of drug-likeness (QED) is 0.167. The van der Waals surface area contributed by atoms with Crippen LogP contribution in [0.25, 0.3) is 0 Å². The molecule has 206 valence electrons. The molecule has 3 nitrogen and oxygen atoms in total. The number of hydrogen-bond acceptors (Lipinski definition) is 3. The molecule has 0 unspecified atom stereocenters. The zero-order chi connectivity index (χ0) is 27.7. The molecule has 0 N–H and O–H groups in total. The monoisotopic (exact) mass is 552 g/mol. The number of rotatable bonds is 14. The highest BCUT2D eigenvalue weighted by Crippen LogP contribution is 2.59. The van der Waals surface area contributed by atoms with Gasteiger partial charge in [-0.3, -0.25) is 0 Å². The summed E-state index contributed by atoms with van der Waals surface area (Å²) in [7, 11) is -3.83. The summed E-state index contributed by atoms with van der Waals surface area (Å²) in [4.78, 5) is 0. The molecule has 0 aromatic carbocycles. The minimum atomic E-state index is -7.46. The molecule has 0 aliphatic rings. The fraction of sp³-hybridized carbons (Fsp3) is 1.00. The lowest BCUT2D eigenvalue weighted by atomic mass is 9.88. The zero-order valence-electron chi connectivity index (χ0n) is 18.7. The van der Waals surface area contributed by atoms with Gasteiger partial charge < -0.3 is 13.3 Å². The van der Waals surface area contributed by atoms with Gasteiger partial charge in [-0.05, 0) is 27.7 Å². The van der Waals surface area contributed by atoms with Gasteiger partial charge in [0.15, 0.2) is 0 Å². The summed E-state index contributed by atoms with van der Waals surface area (Å²) < 4.78 is 191. The van der Waals surface area contributed by atoms with E-state index in [0.717, 1.165) is 6.55 Å². The van der Waals surface area contributed by atoms with Gasteiger partial charge in [0, 0.05) is 39.0 Å². The van der Waals surface area contributed by atoms with E-state index in [2.05, 4.69) is 0 Å². The Bertz CT molecular complexity index is 660. The van der Waals surface area contributed by atoms with E-state index in [9.17, 15) is 57.1 Å². The Morgan fingerprint density at radius 3 is 1.32 bits per heavy atom. The third kappa shape index (κ3) is 7.35. The molecule has 0 amide bonds. The summed E-state index contributed by atoms with van der Waals surface area (Å²) in [6.45, 7) is 5.15. The van der Waals surface area contributed by atoms with Crippen molar-refractivity contribution >= 4 is 8.80 Å². The zero-order valence-corrected chi connectivity index (χ0v) is 19.7. The molecule has 0 bridgehead atoms. The van der Waals surface area contributed by atoms with E-state index >= 15 is 0 Å². The van der Waals surface area contributed by atoms with Crippen molar-refractivity contribution < 1.29 is 70.4 Å². The summed E-state index contributed by atoms with van der Waals surface area (Å²) >= 11 is 0. The first-order valence-electron chi connectivity index (χ1n) is 9.68. The van der Waals surface area contributed by atoms with Gasteiger partial charge in [0.05, 0.1) is 5.60 Å². The van der Waals surface area contributed by atoms with Crippen molar-refractivity contribution in [2.75, 3.05) is 13.2 Å². The van der Waals surface area contributed by atoms with Gasteiger partial charge in [-0.1, -0.05) is 0 Å². The van der Waals surface area contributed by atoms with Crippen molar-refractivity contribution in [3.8, 4) is 0 Å². The van der Waals surface area contributed by atoms with Crippen molar-refractivity contribution in [1.29, 1.82) is 0 Å². The van der Waals surface area contributed by atoms with Crippen molar-refractivity contribution in [2.24, 2.45) is 0 Å². The van der Waals surface area contributed by atoms with Gasteiger partial charge in [-0.2, -0.15) is 57.1 Å². The fourth-order valence-corrected chi connectivity index (χ4v) is 5.25. The number of hydrogen-bond donors (Lipinski definition) is 0. The summed E-state index contributed by atoms with van der Waals surface area (Å²) in [5.74, 6) is -34.4. The lowest BCUT2D eigenvalue weighted by molar-refractivity contribution is -0.405. The Kier molecular flexibility index (Phi) is 10.0. The second kappa shape index (κ2) is 10.3. The summed E-state index contributed by atoms with van der Waals surface area (Å²) in [5.41, 5.74) is -2.50. The second-order valence-corrected chi connectivity index (χ2v) is 10.5. The first kappa shape index (κ1) is 33.2. The van der Waals surface area contributed by atoms with Crippen LogP contribution in [0.15, 0.2) is 0 Å². The maximum atomic E-state index is 14.3. The van der Waals surface area contributed by atoms with Crippen molar-refractivity contribution in [1.82, 2.24) is 0 Å². The third-order valence-electron chi connectivity index (χ3n) is 4.35. The van der Waals surface area contributed by atoms with E-state index in [1.54, 1.807) is 0 Å².